The fourth-order valence-corrected chi connectivity index (χ4v) is 2.00. The molecule has 0 atom stereocenters. The first-order chi connectivity index (χ1) is 10.3. The average molecular weight is 306 g/mol. The van der Waals surface area contributed by atoms with Crippen LogP contribution in [0.3, 0.4) is 0 Å². The summed E-state index contributed by atoms with van der Waals surface area (Å²) in [5.74, 6) is -0.242. The standard InChI is InChI=1S/C16H26N4O2/c1-17-15(21)11-20(5)16(22)12-19(4)10-13-6-8-14(9-7-13)18(2)3/h6-9H,10-12H2,1-5H3,(H,17,21). The zero-order valence-electron chi connectivity index (χ0n) is 14.1. The monoisotopic (exact) mass is 306 g/mol. The van der Waals surface area contributed by atoms with Crippen molar-refractivity contribution < 1.29 is 9.59 Å². The minimum atomic E-state index is -0.169. The highest BCUT2D eigenvalue weighted by Gasteiger charge is 2.14. The van der Waals surface area contributed by atoms with Crippen LogP contribution in [0.25, 0.3) is 0 Å². The van der Waals surface area contributed by atoms with Crippen LogP contribution < -0.4 is 10.2 Å². The summed E-state index contributed by atoms with van der Waals surface area (Å²) in [7, 11) is 9.09. The quantitative estimate of drug-likeness (QED) is 0.792. The van der Waals surface area contributed by atoms with E-state index in [1.807, 2.05) is 30.9 Å². The lowest BCUT2D eigenvalue weighted by molar-refractivity contribution is -0.135. The topological polar surface area (TPSA) is 55.9 Å². The van der Waals surface area contributed by atoms with E-state index in [0.717, 1.165) is 11.3 Å². The molecule has 1 aromatic carbocycles. The summed E-state index contributed by atoms with van der Waals surface area (Å²) in [5.41, 5.74) is 2.29. The molecule has 0 spiro atoms. The average Bonchev–Trinajstić information content (AvgIpc) is 2.47. The van der Waals surface area contributed by atoms with E-state index < -0.39 is 0 Å². The van der Waals surface area contributed by atoms with Crippen molar-refractivity contribution in [2.75, 3.05) is 53.2 Å². The molecule has 1 aromatic rings. The normalized spacial score (nSPS) is 10.5. The van der Waals surface area contributed by atoms with Gasteiger partial charge in [0.2, 0.25) is 11.8 Å². The van der Waals surface area contributed by atoms with Gasteiger partial charge in [-0.2, -0.15) is 0 Å². The second-order valence-corrected chi connectivity index (χ2v) is 5.66. The van der Waals surface area contributed by atoms with Gasteiger partial charge in [0.1, 0.15) is 0 Å². The maximum atomic E-state index is 12.0. The zero-order valence-corrected chi connectivity index (χ0v) is 14.1. The number of carbonyl (C=O) groups excluding carboxylic acids is 2. The Bertz CT molecular complexity index is 499. The van der Waals surface area contributed by atoms with E-state index in [4.69, 9.17) is 0 Å². The number of benzene rings is 1. The Hall–Kier alpha value is -2.08. The highest BCUT2D eigenvalue weighted by Crippen LogP contribution is 2.13. The fraction of sp³-hybridized carbons (Fsp3) is 0.500. The first-order valence-electron chi connectivity index (χ1n) is 7.23. The molecule has 0 bridgehead atoms. The molecule has 0 aliphatic rings. The molecule has 1 N–H and O–H groups in total. The number of nitrogens with one attached hydrogen (secondary N) is 1. The molecule has 0 aromatic heterocycles. The largest absolute Gasteiger partial charge is 0.378 e. The van der Waals surface area contributed by atoms with Crippen molar-refractivity contribution in [1.82, 2.24) is 15.1 Å². The Kier molecular flexibility index (Phi) is 6.85. The second kappa shape index (κ2) is 8.38. The fourth-order valence-electron chi connectivity index (χ4n) is 2.00. The van der Waals surface area contributed by atoms with Crippen LogP contribution in [0.15, 0.2) is 24.3 Å². The number of nitrogens with zero attached hydrogens (tertiary/aromatic N) is 3. The predicted molar refractivity (Wildman–Crippen MR) is 88.8 cm³/mol. The van der Waals surface area contributed by atoms with E-state index in [0.29, 0.717) is 6.54 Å². The maximum absolute atomic E-state index is 12.0. The zero-order chi connectivity index (χ0) is 16.7. The molecule has 0 radical (unpaired) electrons. The van der Waals surface area contributed by atoms with Crippen LogP contribution in [-0.2, 0) is 16.1 Å². The van der Waals surface area contributed by atoms with Gasteiger partial charge in [0.25, 0.3) is 0 Å². The summed E-state index contributed by atoms with van der Waals surface area (Å²) in [5, 5.41) is 2.51. The van der Waals surface area contributed by atoms with E-state index in [-0.39, 0.29) is 24.9 Å². The number of hydrogen-bond acceptors (Lipinski definition) is 4. The number of amides is 2. The van der Waals surface area contributed by atoms with Crippen LogP contribution in [0.5, 0.6) is 0 Å². The van der Waals surface area contributed by atoms with Crippen molar-refractivity contribution in [2.45, 2.75) is 6.54 Å². The third-order valence-corrected chi connectivity index (χ3v) is 3.40. The molecule has 0 unspecified atom stereocenters. The summed E-state index contributed by atoms with van der Waals surface area (Å²) in [6.07, 6.45) is 0. The van der Waals surface area contributed by atoms with Gasteiger partial charge >= 0.3 is 0 Å². The van der Waals surface area contributed by atoms with Crippen molar-refractivity contribution in [3.05, 3.63) is 29.8 Å². The number of anilines is 1. The van der Waals surface area contributed by atoms with Crippen molar-refractivity contribution in [1.29, 1.82) is 0 Å². The lowest BCUT2D eigenvalue weighted by Gasteiger charge is -2.21. The number of carbonyl (C=O) groups is 2. The third-order valence-electron chi connectivity index (χ3n) is 3.40. The van der Waals surface area contributed by atoms with E-state index in [9.17, 15) is 9.59 Å². The van der Waals surface area contributed by atoms with Crippen LogP contribution in [0.4, 0.5) is 5.69 Å². The second-order valence-electron chi connectivity index (χ2n) is 5.66. The molecule has 1 rings (SSSR count). The van der Waals surface area contributed by atoms with Crippen molar-refractivity contribution in [3.63, 3.8) is 0 Å². The Morgan fingerprint density at radius 3 is 2.09 bits per heavy atom. The summed E-state index contributed by atoms with van der Waals surface area (Å²) in [6, 6.07) is 8.24. The Morgan fingerprint density at radius 2 is 1.59 bits per heavy atom. The minimum Gasteiger partial charge on any atom is -0.378 e. The van der Waals surface area contributed by atoms with Crippen LogP contribution in [0, 0.1) is 0 Å². The molecular formula is C16H26N4O2. The van der Waals surface area contributed by atoms with Crippen molar-refractivity contribution >= 4 is 17.5 Å². The number of likely N-dealkylation sites (N-methyl/N-ethyl adjacent to an activating group) is 3. The van der Waals surface area contributed by atoms with Gasteiger partial charge in [-0.3, -0.25) is 14.5 Å². The lowest BCUT2D eigenvalue weighted by atomic mass is 10.2. The first-order valence-corrected chi connectivity index (χ1v) is 7.23. The number of rotatable bonds is 7. The van der Waals surface area contributed by atoms with Crippen LogP contribution >= 0.6 is 0 Å². The summed E-state index contributed by atoms with van der Waals surface area (Å²) in [6.45, 7) is 1.05. The van der Waals surface area contributed by atoms with Gasteiger partial charge in [0.05, 0.1) is 13.1 Å². The SMILES string of the molecule is CNC(=O)CN(C)C(=O)CN(C)Cc1ccc(N(C)C)cc1. The molecule has 0 saturated carbocycles. The van der Waals surface area contributed by atoms with E-state index >= 15 is 0 Å². The molecule has 2 amide bonds. The van der Waals surface area contributed by atoms with Crippen molar-refractivity contribution in [2.24, 2.45) is 0 Å². The minimum absolute atomic E-state index is 0.0731. The molecule has 0 aliphatic heterocycles. The van der Waals surface area contributed by atoms with Crippen LogP contribution in [0.1, 0.15) is 5.56 Å². The van der Waals surface area contributed by atoms with Crippen LogP contribution in [0.2, 0.25) is 0 Å². The first kappa shape index (κ1) is 18.0. The molecule has 0 fully saturated rings. The molecule has 22 heavy (non-hydrogen) atoms. The van der Waals surface area contributed by atoms with Gasteiger partial charge in [0.15, 0.2) is 0 Å². The van der Waals surface area contributed by atoms with Gasteiger partial charge in [-0.05, 0) is 24.7 Å². The molecule has 6 heteroatoms. The molecular weight excluding hydrogens is 280 g/mol. The maximum Gasteiger partial charge on any atom is 0.239 e. The summed E-state index contributed by atoms with van der Waals surface area (Å²) < 4.78 is 0. The predicted octanol–water partition coefficient (Wildman–Crippen LogP) is 0.389. The Balaban J connectivity index is 2.49. The molecule has 0 saturated heterocycles. The van der Waals surface area contributed by atoms with Crippen LogP contribution in [-0.4, -0.2) is 69.9 Å². The van der Waals surface area contributed by atoms with E-state index in [1.165, 1.54) is 4.90 Å². The van der Waals surface area contributed by atoms with Gasteiger partial charge in [-0.15, -0.1) is 0 Å². The summed E-state index contributed by atoms with van der Waals surface area (Å²) >= 11 is 0. The summed E-state index contributed by atoms with van der Waals surface area (Å²) in [4.78, 5) is 28.7. The highest BCUT2D eigenvalue weighted by atomic mass is 16.2. The van der Waals surface area contributed by atoms with Crippen molar-refractivity contribution in [3.8, 4) is 0 Å². The van der Waals surface area contributed by atoms with Gasteiger partial charge in [-0.25, -0.2) is 0 Å². The number of hydrogen-bond donors (Lipinski definition) is 1. The smallest absolute Gasteiger partial charge is 0.239 e. The lowest BCUT2D eigenvalue weighted by Crippen LogP contribution is -2.41. The molecule has 6 nitrogen and oxygen atoms in total. The van der Waals surface area contributed by atoms with Gasteiger partial charge in [-0.1, -0.05) is 12.1 Å². The Labute approximate surface area is 132 Å². The van der Waals surface area contributed by atoms with Gasteiger partial charge < -0.3 is 15.1 Å². The molecule has 0 heterocycles. The molecule has 0 aliphatic carbocycles. The van der Waals surface area contributed by atoms with E-state index in [2.05, 4.69) is 29.6 Å². The van der Waals surface area contributed by atoms with E-state index in [1.54, 1.807) is 14.1 Å². The third kappa shape index (κ3) is 5.73. The highest BCUT2D eigenvalue weighted by molar-refractivity contribution is 5.85. The molecule has 122 valence electrons. The van der Waals surface area contributed by atoms with Gasteiger partial charge in [0, 0.05) is 40.4 Å². The Morgan fingerprint density at radius 1 is 1.00 bits per heavy atom.